The summed E-state index contributed by atoms with van der Waals surface area (Å²) in [5, 5.41) is 1.02. The SMILES string of the molecule is Cc1cnc(-c2cncc(Br)c2)s1. The van der Waals surface area contributed by atoms with Crippen LogP contribution in [0.3, 0.4) is 0 Å². The van der Waals surface area contributed by atoms with Crippen LogP contribution in [0.4, 0.5) is 0 Å². The molecule has 0 saturated heterocycles. The van der Waals surface area contributed by atoms with Gasteiger partial charge in [0.1, 0.15) is 5.01 Å². The van der Waals surface area contributed by atoms with Crippen LogP contribution in [0.25, 0.3) is 10.6 Å². The maximum absolute atomic E-state index is 4.28. The number of halogens is 1. The number of aromatic nitrogens is 2. The molecule has 2 heterocycles. The van der Waals surface area contributed by atoms with Gasteiger partial charge in [-0.25, -0.2) is 4.98 Å². The van der Waals surface area contributed by atoms with Crippen molar-refractivity contribution in [1.29, 1.82) is 0 Å². The van der Waals surface area contributed by atoms with Gasteiger partial charge in [-0.1, -0.05) is 0 Å². The molecule has 2 nitrogen and oxygen atoms in total. The Morgan fingerprint density at radius 1 is 1.31 bits per heavy atom. The molecule has 4 heteroatoms. The monoisotopic (exact) mass is 254 g/mol. The van der Waals surface area contributed by atoms with Gasteiger partial charge < -0.3 is 0 Å². The normalized spacial score (nSPS) is 10.3. The highest BCUT2D eigenvalue weighted by Gasteiger charge is 2.02. The van der Waals surface area contributed by atoms with Crippen molar-refractivity contribution in [2.75, 3.05) is 0 Å². The fraction of sp³-hybridized carbons (Fsp3) is 0.111. The highest BCUT2D eigenvalue weighted by molar-refractivity contribution is 9.10. The first-order valence-corrected chi connectivity index (χ1v) is 5.40. The van der Waals surface area contributed by atoms with Gasteiger partial charge in [-0.15, -0.1) is 11.3 Å². The number of pyridine rings is 1. The fourth-order valence-electron chi connectivity index (χ4n) is 1.02. The van der Waals surface area contributed by atoms with Gasteiger partial charge in [-0.2, -0.15) is 0 Å². The number of hydrogen-bond donors (Lipinski definition) is 0. The van der Waals surface area contributed by atoms with E-state index in [0.717, 1.165) is 15.0 Å². The third kappa shape index (κ3) is 1.95. The Kier molecular flexibility index (Phi) is 2.42. The Balaban J connectivity index is 2.46. The molecule has 2 rings (SSSR count). The average molecular weight is 255 g/mol. The molecule has 13 heavy (non-hydrogen) atoms. The van der Waals surface area contributed by atoms with E-state index in [1.807, 2.05) is 25.4 Å². The second-order valence-electron chi connectivity index (χ2n) is 2.67. The van der Waals surface area contributed by atoms with Crippen LogP contribution < -0.4 is 0 Å². The third-order valence-corrected chi connectivity index (χ3v) is 2.97. The Hall–Kier alpha value is -0.740. The van der Waals surface area contributed by atoms with E-state index >= 15 is 0 Å². The molecule has 0 aliphatic carbocycles. The first-order valence-electron chi connectivity index (χ1n) is 3.79. The molecule has 0 fully saturated rings. The predicted molar refractivity (Wildman–Crippen MR) is 57.8 cm³/mol. The molecule has 66 valence electrons. The summed E-state index contributed by atoms with van der Waals surface area (Å²) in [6, 6.07) is 2.02. The van der Waals surface area contributed by atoms with Gasteiger partial charge in [0.05, 0.1) is 0 Å². The molecule has 0 N–H and O–H groups in total. The van der Waals surface area contributed by atoms with Crippen molar-refractivity contribution in [1.82, 2.24) is 9.97 Å². The van der Waals surface area contributed by atoms with Crippen molar-refractivity contribution in [3.63, 3.8) is 0 Å². The second-order valence-corrected chi connectivity index (χ2v) is 4.82. The lowest BCUT2D eigenvalue weighted by Crippen LogP contribution is -1.77. The van der Waals surface area contributed by atoms with Gasteiger partial charge in [0, 0.05) is 33.5 Å². The van der Waals surface area contributed by atoms with Crippen LogP contribution in [-0.2, 0) is 0 Å². The molecule has 0 saturated carbocycles. The Bertz CT molecular complexity index is 425. The van der Waals surface area contributed by atoms with Crippen molar-refractivity contribution in [3.05, 3.63) is 34.0 Å². The van der Waals surface area contributed by atoms with Crippen molar-refractivity contribution in [2.45, 2.75) is 6.92 Å². The second kappa shape index (κ2) is 3.55. The summed E-state index contributed by atoms with van der Waals surface area (Å²) in [6.07, 6.45) is 5.47. The Morgan fingerprint density at radius 2 is 2.15 bits per heavy atom. The molecule has 0 amide bonds. The summed E-state index contributed by atoms with van der Waals surface area (Å²) < 4.78 is 0.984. The maximum atomic E-state index is 4.28. The van der Waals surface area contributed by atoms with Gasteiger partial charge in [-0.3, -0.25) is 4.98 Å². The molecule has 0 spiro atoms. The molecule has 0 radical (unpaired) electrons. The number of aryl methyl sites for hydroxylation is 1. The molecule has 2 aromatic rings. The van der Waals surface area contributed by atoms with Crippen molar-refractivity contribution < 1.29 is 0 Å². The zero-order valence-electron chi connectivity index (χ0n) is 6.99. The van der Waals surface area contributed by atoms with Crippen molar-refractivity contribution in [3.8, 4) is 10.6 Å². The first kappa shape index (κ1) is 8.84. The third-order valence-electron chi connectivity index (χ3n) is 1.57. The van der Waals surface area contributed by atoms with Crippen LogP contribution in [0, 0.1) is 6.92 Å². The lowest BCUT2D eigenvalue weighted by atomic mass is 10.3. The smallest absolute Gasteiger partial charge is 0.125 e. The van der Waals surface area contributed by atoms with Crippen LogP contribution in [-0.4, -0.2) is 9.97 Å². The van der Waals surface area contributed by atoms with Crippen LogP contribution in [0.15, 0.2) is 29.1 Å². The molecular weight excluding hydrogens is 248 g/mol. The lowest BCUT2D eigenvalue weighted by molar-refractivity contribution is 1.29. The molecule has 0 aliphatic heterocycles. The molecule has 2 aromatic heterocycles. The van der Waals surface area contributed by atoms with Gasteiger partial charge in [0.15, 0.2) is 0 Å². The van der Waals surface area contributed by atoms with E-state index in [-0.39, 0.29) is 0 Å². The summed E-state index contributed by atoms with van der Waals surface area (Å²) in [7, 11) is 0. The Labute approximate surface area is 88.8 Å². The molecular formula is C9H7BrN2S. The van der Waals surface area contributed by atoms with Crippen LogP contribution in [0.2, 0.25) is 0 Å². The van der Waals surface area contributed by atoms with E-state index in [1.165, 1.54) is 4.88 Å². The highest BCUT2D eigenvalue weighted by Crippen LogP contribution is 2.25. The minimum Gasteiger partial charge on any atom is -0.263 e. The van der Waals surface area contributed by atoms with Crippen molar-refractivity contribution in [2.24, 2.45) is 0 Å². The topological polar surface area (TPSA) is 25.8 Å². The van der Waals surface area contributed by atoms with E-state index < -0.39 is 0 Å². The van der Waals surface area contributed by atoms with E-state index in [1.54, 1.807) is 17.5 Å². The minimum absolute atomic E-state index is 0.984. The van der Waals surface area contributed by atoms with Crippen molar-refractivity contribution >= 4 is 27.3 Å². The molecule has 0 unspecified atom stereocenters. The van der Waals surface area contributed by atoms with Gasteiger partial charge in [-0.05, 0) is 28.9 Å². The first-order chi connectivity index (χ1) is 6.25. The van der Waals surface area contributed by atoms with Gasteiger partial charge in [0.2, 0.25) is 0 Å². The lowest BCUT2D eigenvalue weighted by Gasteiger charge is -1.94. The minimum atomic E-state index is 0.984. The number of thiazole rings is 1. The summed E-state index contributed by atoms with van der Waals surface area (Å²) in [4.78, 5) is 9.59. The average Bonchev–Trinajstić information content (AvgIpc) is 2.52. The highest BCUT2D eigenvalue weighted by atomic mass is 79.9. The Morgan fingerprint density at radius 3 is 2.77 bits per heavy atom. The molecule has 0 bridgehead atoms. The number of nitrogens with zero attached hydrogens (tertiary/aromatic N) is 2. The zero-order chi connectivity index (χ0) is 9.26. The van der Waals surface area contributed by atoms with E-state index in [9.17, 15) is 0 Å². The molecule has 0 atom stereocenters. The standard InChI is InChI=1S/C9H7BrN2S/c1-6-3-12-9(13-6)7-2-8(10)5-11-4-7/h2-5H,1H3. The summed E-state index contributed by atoms with van der Waals surface area (Å²) >= 11 is 5.06. The van der Waals surface area contributed by atoms with Gasteiger partial charge in [0.25, 0.3) is 0 Å². The summed E-state index contributed by atoms with van der Waals surface area (Å²) in [5.41, 5.74) is 1.06. The number of rotatable bonds is 1. The van der Waals surface area contributed by atoms with E-state index in [0.29, 0.717) is 0 Å². The fourth-order valence-corrected chi connectivity index (χ4v) is 2.13. The van der Waals surface area contributed by atoms with E-state index in [2.05, 4.69) is 25.9 Å². The molecule has 0 aromatic carbocycles. The quantitative estimate of drug-likeness (QED) is 0.781. The maximum Gasteiger partial charge on any atom is 0.125 e. The largest absolute Gasteiger partial charge is 0.263 e. The summed E-state index contributed by atoms with van der Waals surface area (Å²) in [5.74, 6) is 0. The van der Waals surface area contributed by atoms with E-state index in [4.69, 9.17) is 0 Å². The summed E-state index contributed by atoms with van der Waals surface area (Å²) in [6.45, 7) is 2.05. The van der Waals surface area contributed by atoms with Crippen LogP contribution in [0.1, 0.15) is 4.88 Å². The zero-order valence-corrected chi connectivity index (χ0v) is 9.39. The number of hydrogen-bond acceptors (Lipinski definition) is 3. The predicted octanol–water partition coefficient (Wildman–Crippen LogP) is 3.28. The molecule has 0 aliphatic rings. The van der Waals surface area contributed by atoms with Crippen LogP contribution >= 0.6 is 27.3 Å². The van der Waals surface area contributed by atoms with Crippen LogP contribution in [0.5, 0.6) is 0 Å². The van der Waals surface area contributed by atoms with Gasteiger partial charge >= 0.3 is 0 Å².